The van der Waals surface area contributed by atoms with Crippen LogP contribution in [0.25, 0.3) is 28.2 Å². The summed E-state index contributed by atoms with van der Waals surface area (Å²) in [5.41, 5.74) is 5.83. The highest BCUT2D eigenvalue weighted by atomic mass is 32.2. The lowest BCUT2D eigenvalue weighted by molar-refractivity contribution is -0.115. The summed E-state index contributed by atoms with van der Waals surface area (Å²) in [6.45, 7) is 4.10. The van der Waals surface area contributed by atoms with Gasteiger partial charge >= 0.3 is 0 Å². The standard InChI is InChI=1S/C22H18N2O2S2/c1-12-4-6-15-9-13(2)20(23-17(15)8-12)16-10-14(5-7-18(16)26-3)11-19-21(25)24-22(27)28-19/h4-11H,1-3H3,(H,24,25,27)/b19-11-. The maximum Gasteiger partial charge on any atom is 0.263 e. The van der Waals surface area contributed by atoms with Crippen molar-refractivity contribution >= 4 is 51.2 Å². The van der Waals surface area contributed by atoms with Gasteiger partial charge in [0.25, 0.3) is 5.91 Å². The largest absolute Gasteiger partial charge is 0.496 e. The molecule has 1 N–H and O–H groups in total. The monoisotopic (exact) mass is 406 g/mol. The molecule has 1 aromatic heterocycles. The zero-order chi connectivity index (χ0) is 19.8. The van der Waals surface area contributed by atoms with Gasteiger partial charge in [-0.15, -0.1) is 0 Å². The number of ether oxygens (including phenoxy) is 1. The van der Waals surface area contributed by atoms with E-state index < -0.39 is 0 Å². The Morgan fingerprint density at radius 1 is 1.14 bits per heavy atom. The number of amides is 1. The number of nitrogens with zero attached hydrogens (tertiary/aromatic N) is 1. The number of hydrogen-bond donors (Lipinski definition) is 1. The van der Waals surface area contributed by atoms with E-state index in [-0.39, 0.29) is 5.91 Å². The lowest BCUT2D eigenvalue weighted by Gasteiger charge is -2.13. The van der Waals surface area contributed by atoms with E-state index in [0.717, 1.165) is 39.0 Å². The minimum Gasteiger partial charge on any atom is -0.496 e. The molecule has 2 aromatic carbocycles. The minimum absolute atomic E-state index is 0.164. The van der Waals surface area contributed by atoms with Crippen LogP contribution in [-0.4, -0.2) is 22.3 Å². The molecule has 28 heavy (non-hydrogen) atoms. The summed E-state index contributed by atoms with van der Waals surface area (Å²) in [4.78, 5) is 17.5. The molecule has 0 bridgehead atoms. The molecule has 0 unspecified atom stereocenters. The van der Waals surface area contributed by atoms with Crippen molar-refractivity contribution in [2.24, 2.45) is 0 Å². The molecule has 3 aromatic rings. The molecule has 2 heterocycles. The molecule has 1 amide bonds. The third-order valence-corrected chi connectivity index (χ3v) is 5.74. The Balaban J connectivity index is 1.86. The van der Waals surface area contributed by atoms with E-state index in [2.05, 4.69) is 36.5 Å². The van der Waals surface area contributed by atoms with E-state index in [1.54, 1.807) is 7.11 Å². The Labute approximate surface area is 173 Å². The number of thiocarbonyl (C=S) groups is 1. The number of aryl methyl sites for hydroxylation is 2. The average Bonchev–Trinajstić information content (AvgIpc) is 2.98. The first-order valence-corrected chi connectivity index (χ1v) is 9.98. The molecule has 4 nitrogen and oxygen atoms in total. The predicted molar refractivity (Wildman–Crippen MR) is 120 cm³/mol. The van der Waals surface area contributed by atoms with Crippen LogP contribution >= 0.6 is 24.0 Å². The van der Waals surface area contributed by atoms with Crippen molar-refractivity contribution in [1.82, 2.24) is 10.3 Å². The number of fused-ring (bicyclic) bond motifs is 1. The number of methoxy groups -OCH3 is 1. The number of aromatic nitrogens is 1. The molecule has 140 valence electrons. The second-order valence-corrected chi connectivity index (χ2v) is 8.38. The molecular formula is C22H18N2O2S2. The number of nitrogens with one attached hydrogen (secondary N) is 1. The summed E-state index contributed by atoms with van der Waals surface area (Å²) in [5, 5.41) is 3.75. The summed E-state index contributed by atoms with van der Waals surface area (Å²) in [6, 6.07) is 14.2. The number of rotatable bonds is 3. The van der Waals surface area contributed by atoms with E-state index in [9.17, 15) is 4.79 Å². The first-order chi connectivity index (χ1) is 13.4. The van der Waals surface area contributed by atoms with Gasteiger partial charge in [-0.25, -0.2) is 4.98 Å². The van der Waals surface area contributed by atoms with Crippen molar-refractivity contribution in [2.75, 3.05) is 7.11 Å². The van der Waals surface area contributed by atoms with Gasteiger partial charge in [-0.05, 0) is 60.9 Å². The predicted octanol–water partition coefficient (Wildman–Crippen LogP) is 5.02. The number of carbonyl (C=O) groups excluding carboxylic acids is 1. The molecule has 0 saturated carbocycles. The molecule has 0 atom stereocenters. The van der Waals surface area contributed by atoms with E-state index in [0.29, 0.717) is 9.23 Å². The van der Waals surface area contributed by atoms with Crippen molar-refractivity contribution in [1.29, 1.82) is 0 Å². The second-order valence-electron chi connectivity index (χ2n) is 6.66. The molecule has 1 aliphatic heterocycles. The number of pyridine rings is 1. The van der Waals surface area contributed by atoms with Crippen LogP contribution in [0.2, 0.25) is 0 Å². The van der Waals surface area contributed by atoms with Crippen molar-refractivity contribution in [2.45, 2.75) is 13.8 Å². The third-order valence-electron chi connectivity index (χ3n) is 4.58. The molecule has 1 aliphatic rings. The van der Waals surface area contributed by atoms with Crippen molar-refractivity contribution in [3.8, 4) is 17.0 Å². The molecular weight excluding hydrogens is 388 g/mol. The summed E-state index contributed by atoms with van der Waals surface area (Å²) in [7, 11) is 1.65. The molecule has 0 spiro atoms. The second kappa shape index (κ2) is 7.37. The maximum atomic E-state index is 12.0. The van der Waals surface area contributed by atoms with Gasteiger partial charge < -0.3 is 10.1 Å². The Morgan fingerprint density at radius 2 is 1.96 bits per heavy atom. The molecule has 6 heteroatoms. The normalized spacial score (nSPS) is 15.3. The van der Waals surface area contributed by atoms with E-state index in [4.69, 9.17) is 21.9 Å². The lowest BCUT2D eigenvalue weighted by Crippen LogP contribution is -2.17. The summed E-state index contributed by atoms with van der Waals surface area (Å²) >= 11 is 6.34. The lowest BCUT2D eigenvalue weighted by atomic mass is 10.0. The van der Waals surface area contributed by atoms with Gasteiger partial charge in [-0.1, -0.05) is 42.2 Å². The molecule has 4 rings (SSSR count). The van der Waals surface area contributed by atoms with Gasteiger partial charge in [0.05, 0.1) is 23.2 Å². The molecule has 1 saturated heterocycles. The van der Waals surface area contributed by atoms with Crippen LogP contribution in [0.4, 0.5) is 0 Å². The van der Waals surface area contributed by atoms with E-state index in [1.165, 1.54) is 17.3 Å². The maximum absolute atomic E-state index is 12.0. The van der Waals surface area contributed by atoms with Crippen LogP contribution in [0.15, 0.2) is 47.4 Å². The van der Waals surface area contributed by atoms with Crippen molar-refractivity contribution in [3.05, 3.63) is 64.1 Å². The van der Waals surface area contributed by atoms with Crippen molar-refractivity contribution < 1.29 is 9.53 Å². The van der Waals surface area contributed by atoms with Crippen LogP contribution in [0.1, 0.15) is 16.7 Å². The van der Waals surface area contributed by atoms with Gasteiger partial charge in [-0.2, -0.15) is 0 Å². The van der Waals surface area contributed by atoms with Gasteiger partial charge in [-0.3, -0.25) is 4.79 Å². The Kier molecular flexibility index (Phi) is 4.91. The smallest absolute Gasteiger partial charge is 0.263 e. The summed E-state index contributed by atoms with van der Waals surface area (Å²) in [6.07, 6.45) is 1.84. The number of benzene rings is 2. The Bertz CT molecular complexity index is 1170. The van der Waals surface area contributed by atoms with Crippen LogP contribution in [0.5, 0.6) is 5.75 Å². The molecule has 0 radical (unpaired) electrons. The van der Waals surface area contributed by atoms with E-state index in [1.807, 2.05) is 31.2 Å². The average molecular weight is 407 g/mol. The number of carbonyl (C=O) groups is 1. The van der Waals surface area contributed by atoms with Crippen molar-refractivity contribution in [3.63, 3.8) is 0 Å². The summed E-state index contributed by atoms with van der Waals surface area (Å²) < 4.78 is 6.07. The Hall–Kier alpha value is -2.70. The zero-order valence-corrected chi connectivity index (χ0v) is 17.3. The molecule has 0 aliphatic carbocycles. The third kappa shape index (κ3) is 3.53. The minimum atomic E-state index is -0.164. The van der Waals surface area contributed by atoms with Crippen LogP contribution in [0.3, 0.4) is 0 Å². The highest BCUT2D eigenvalue weighted by molar-refractivity contribution is 8.26. The van der Waals surface area contributed by atoms with Crippen LogP contribution < -0.4 is 10.1 Å². The first-order valence-electron chi connectivity index (χ1n) is 8.76. The zero-order valence-electron chi connectivity index (χ0n) is 15.7. The van der Waals surface area contributed by atoms with Crippen LogP contribution in [0, 0.1) is 13.8 Å². The quantitative estimate of drug-likeness (QED) is 0.489. The fourth-order valence-corrected chi connectivity index (χ4v) is 4.27. The van der Waals surface area contributed by atoms with Gasteiger partial charge in [0, 0.05) is 10.9 Å². The topological polar surface area (TPSA) is 51.2 Å². The van der Waals surface area contributed by atoms with Gasteiger partial charge in [0.2, 0.25) is 0 Å². The first kappa shape index (κ1) is 18.7. The summed E-state index contributed by atoms with van der Waals surface area (Å²) in [5.74, 6) is 0.576. The number of thioether (sulfide) groups is 1. The van der Waals surface area contributed by atoms with E-state index >= 15 is 0 Å². The highest BCUT2D eigenvalue weighted by Crippen LogP contribution is 2.35. The SMILES string of the molecule is COc1ccc(/C=C2\SC(=S)NC2=O)cc1-c1nc2cc(C)ccc2cc1C. The fraction of sp³-hybridized carbons (Fsp3) is 0.136. The van der Waals surface area contributed by atoms with Gasteiger partial charge in [0.1, 0.15) is 10.1 Å². The van der Waals surface area contributed by atoms with Crippen LogP contribution in [-0.2, 0) is 4.79 Å². The Morgan fingerprint density at radius 3 is 2.68 bits per heavy atom. The highest BCUT2D eigenvalue weighted by Gasteiger charge is 2.22. The fourth-order valence-electron chi connectivity index (χ4n) is 3.23. The molecule has 1 fully saturated rings. The van der Waals surface area contributed by atoms with Gasteiger partial charge in [0.15, 0.2) is 0 Å². The number of hydrogen-bond acceptors (Lipinski definition) is 5.